The van der Waals surface area contributed by atoms with Crippen molar-refractivity contribution in [1.29, 1.82) is 0 Å². The summed E-state index contributed by atoms with van der Waals surface area (Å²) >= 11 is 12.3. The summed E-state index contributed by atoms with van der Waals surface area (Å²) in [6.07, 6.45) is 0.551. The van der Waals surface area contributed by atoms with Crippen molar-refractivity contribution in [3.63, 3.8) is 0 Å². The van der Waals surface area contributed by atoms with Crippen molar-refractivity contribution in [3.8, 4) is 5.69 Å². The van der Waals surface area contributed by atoms with Crippen LogP contribution in [0.5, 0.6) is 0 Å². The van der Waals surface area contributed by atoms with Crippen LogP contribution in [0.4, 0.5) is 0 Å². The molecule has 0 radical (unpaired) electrons. The molecule has 0 aliphatic heterocycles. The molecule has 2 rings (SSSR count). The molecule has 2 amide bonds. The number of nitrogens with zero attached hydrogens (tertiary/aromatic N) is 2. The SMILES string of the molecule is Cc1nn(-c2ccc(Cl)cc2Cl)c(C)c1CC(=O)NC(C)(CC(C)C)C(N)=O. The number of carbonyl (C=O) groups excluding carboxylic acids is 2. The first-order chi connectivity index (χ1) is 12.9. The van der Waals surface area contributed by atoms with Crippen LogP contribution in [-0.4, -0.2) is 27.1 Å². The van der Waals surface area contributed by atoms with Gasteiger partial charge in [-0.2, -0.15) is 5.10 Å². The first-order valence-electron chi connectivity index (χ1n) is 9.06. The molecule has 0 spiro atoms. The summed E-state index contributed by atoms with van der Waals surface area (Å²) in [5.41, 5.74) is 7.40. The molecule has 3 N–H and O–H groups in total. The predicted molar refractivity (Wildman–Crippen MR) is 112 cm³/mol. The molecule has 28 heavy (non-hydrogen) atoms. The molecule has 0 saturated carbocycles. The second-order valence-electron chi connectivity index (χ2n) is 7.68. The highest BCUT2D eigenvalue weighted by atomic mass is 35.5. The highest BCUT2D eigenvalue weighted by Gasteiger charge is 2.34. The van der Waals surface area contributed by atoms with Crippen LogP contribution < -0.4 is 11.1 Å². The average Bonchev–Trinajstić information content (AvgIpc) is 2.82. The number of nitrogens with one attached hydrogen (secondary N) is 1. The topological polar surface area (TPSA) is 90.0 Å². The zero-order valence-corrected chi connectivity index (χ0v) is 18.3. The minimum absolute atomic E-state index is 0.0871. The highest BCUT2D eigenvalue weighted by molar-refractivity contribution is 6.35. The van der Waals surface area contributed by atoms with Crippen molar-refractivity contribution in [2.45, 2.75) is 53.0 Å². The molecule has 1 unspecified atom stereocenters. The van der Waals surface area contributed by atoms with Crippen LogP contribution in [0.2, 0.25) is 10.0 Å². The monoisotopic (exact) mass is 424 g/mol. The summed E-state index contributed by atoms with van der Waals surface area (Å²) in [7, 11) is 0. The van der Waals surface area contributed by atoms with Crippen molar-refractivity contribution in [3.05, 3.63) is 45.2 Å². The Balaban J connectivity index is 2.28. The minimum Gasteiger partial charge on any atom is -0.368 e. The van der Waals surface area contributed by atoms with E-state index in [4.69, 9.17) is 28.9 Å². The largest absolute Gasteiger partial charge is 0.368 e. The Kier molecular flexibility index (Phi) is 6.78. The van der Waals surface area contributed by atoms with Gasteiger partial charge in [0, 0.05) is 16.3 Å². The summed E-state index contributed by atoms with van der Waals surface area (Å²) in [6, 6.07) is 5.15. The number of aryl methyl sites for hydroxylation is 1. The van der Waals surface area contributed by atoms with Gasteiger partial charge in [-0.1, -0.05) is 37.0 Å². The molecule has 1 atom stereocenters. The fourth-order valence-corrected chi connectivity index (χ4v) is 3.85. The lowest BCUT2D eigenvalue weighted by Crippen LogP contribution is -2.56. The van der Waals surface area contributed by atoms with Crippen molar-refractivity contribution in [1.82, 2.24) is 15.1 Å². The number of hydrogen-bond acceptors (Lipinski definition) is 3. The predicted octanol–water partition coefficient (Wildman–Crippen LogP) is 3.74. The van der Waals surface area contributed by atoms with Crippen LogP contribution in [0.15, 0.2) is 18.2 Å². The third kappa shape index (κ3) is 4.86. The first-order valence-corrected chi connectivity index (χ1v) is 9.81. The summed E-state index contributed by atoms with van der Waals surface area (Å²) in [6.45, 7) is 9.30. The van der Waals surface area contributed by atoms with Crippen molar-refractivity contribution in [2.24, 2.45) is 11.7 Å². The van der Waals surface area contributed by atoms with E-state index in [0.29, 0.717) is 27.8 Å². The molecule has 0 aliphatic carbocycles. The fourth-order valence-electron chi connectivity index (χ4n) is 3.36. The number of amides is 2. The van der Waals surface area contributed by atoms with Crippen LogP contribution in [0, 0.1) is 19.8 Å². The van der Waals surface area contributed by atoms with Crippen LogP contribution >= 0.6 is 23.2 Å². The number of primary amides is 1. The molecule has 1 aromatic carbocycles. The lowest BCUT2D eigenvalue weighted by Gasteiger charge is -2.29. The molecule has 1 aromatic heterocycles. The molecule has 8 heteroatoms. The van der Waals surface area contributed by atoms with Crippen molar-refractivity contribution >= 4 is 35.0 Å². The maximum atomic E-state index is 12.7. The van der Waals surface area contributed by atoms with Gasteiger partial charge in [-0.05, 0) is 51.3 Å². The number of halogens is 2. The number of rotatable bonds is 7. The molecule has 1 heterocycles. The quantitative estimate of drug-likeness (QED) is 0.708. The Bertz CT molecular complexity index is 908. The number of aromatic nitrogens is 2. The van der Waals surface area contributed by atoms with Gasteiger partial charge in [-0.25, -0.2) is 4.68 Å². The lowest BCUT2D eigenvalue weighted by atomic mass is 9.89. The van der Waals surface area contributed by atoms with E-state index in [1.165, 1.54) is 0 Å². The Hall–Kier alpha value is -2.05. The molecule has 0 bridgehead atoms. The average molecular weight is 425 g/mol. The number of benzene rings is 1. The van der Waals surface area contributed by atoms with E-state index in [1.54, 1.807) is 29.8 Å². The van der Waals surface area contributed by atoms with Gasteiger partial charge in [-0.15, -0.1) is 0 Å². The molecule has 0 aliphatic rings. The van der Waals surface area contributed by atoms with Gasteiger partial charge in [-0.3, -0.25) is 9.59 Å². The van der Waals surface area contributed by atoms with Gasteiger partial charge in [0.25, 0.3) is 0 Å². The van der Waals surface area contributed by atoms with Gasteiger partial charge < -0.3 is 11.1 Å². The second kappa shape index (κ2) is 8.53. The van der Waals surface area contributed by atoms with E-state index in [-0.39, 0.29) is 18.2 Å². The standard InChI is InChI=1S/C20H26Cl2N4O2/c1-11(2)10-20(5,19(23)28)24-18(27)9-15-12(3)25-26(13(15)4)17-7-6-14(21)8-16(17)22/h6-8,11H,9-10H2,1-5H3,(H2,23,28)(H,24,27). The van der Waals surface area contributed by atoms with E-state index >= 15 is 0 Å². The van der Waals surface area contributed by atoms with E-state index < -0.39 is 11.4 Å². The molecule has 0 saturated heterocycles. The Morgan fingerprint density at radius 3 is 2.46 bits per heavy atom. The second-order valence-corrected chi connectivity index (χ2v) is 8.52. The maximum Gasteiger partial charge on any atom is 0.242 e. The summed E-state index contributed by atoms with van der Waals surface area (Å²) < 4.78 is 1.69. The van der Waals surface area contributed by atoms with Crippen LogP contribution in [0.25, 0.3) is 5.69 Å². The highest BCUT2D eigenvalue weighted by Crippen LogP contribution is 2.27. The van der Waals surface area contributed by atoms with Crippen LogP contribution in [-0.2, 0) is 16.0 Å². The van der Waals surface area contributed by atoms with Gasteiger partial charge in [0.05, 0.1) is 22.8 Å². The Labute approximate surface area is 175 Å². The number of carbonyl (C=O) groups is 2. The normalized spacial score (nSPS) is 13.4. The molecular formula is C20H26Cl2N4O2. The molecule has 2 aromatic rings. The Morgan fingerprint density at radius 1 is 1.29 bits per heavy atom. The molecule has 6 nitrogen and oxygen atoms in total. The van der Waals surface area contributed by atoms with E-state index in [1.807, 2.05) is 27.7 Å². The van der Waals surface area contributed by atoms with E-state index in [0.717, 1.165) is 11.3 Å². The molecule has 0 fully saturated rings. The summed E-state index contributed by atoms with van der Waals surface area (Å²) in [4.78, 5) is 24.6. The lowest BCUT2D eigenvalue weighted by molar-refractivity contribution is -0.131. The van der Waals surface area contributed by atoms with Gasteiger partial charge in [0.2, 0.25) is 11.8 Å². The molecule has 152 valence electrons. The third-order valence-electron chi connectivity index (χ3n) is 4.69. The smallest absolute Gasteiger partial charge is 0.242 e. The summed E-state index contributed by atoms with van der Waals surface area (Å²) in [5.74, 6) is -0.627. The van der Waals surface area contributed by atoms with Crippen molar-refractivity contribution in [2.75, 3.05) is 0 Å². The zero-order chi connectivity index (χ0) is 21.2. The number of hydrogen-bond donors (Lipinski definition) is 2. The first kappa shape index (κ1) is 22.2. The van der Waals surface area contributed by atoms with Crippen LogP contribution in [0.1, 0.15) is 44.1 Å². The van der Waals surface area contributed by atoms with E-state index in [2.05, 4.69) is 10.4 Å². The fraction of sp³-hybridized carbons (Fsp3) is 0.450. The van der Waals surface area contributed by atoms with Crippen molar-refractivity contribution < 1.29 is 9.59 Å². The van der Waals surface area contributed by atoms with E-state index in [9.17, 15) is 9.59 Å². The number of nitrogens with two attached hydrogens (primary N) is 1. The minimum atomic E-state index is -1.09. The van der Waals surface area contributed by atoms with Gasteiger partial charge in [0.1, 0.15) is 5.54 Å². The maximum absolute atomic E-state index is 12.7. The summed E-state index contributed by atoms with van der Waals surface area (Å²) in [5, 5.41) is 8.32. The molecular weight excluding hydrogens is 399 g/mol. The third-order valence-corrected chi connectivity index (χ3v) is 5.23. The van der Waals surface area contributed by atoms with Gasteiger partial charge in [0.15, 0.2) is 0 Å². The van der Waals surface area contributed by atoms with Gasteiger partial charge >= 0.3 is 0 Å². The van der Waals surface area contributed by atoms with Crippen LogP contribution in [0.3, 0.4) is 0 Å². The Morgan fingerprint density at radius 2 is 1.93 bits per heavy atom. The zero-order valence-electron chi connectivity index (χ0n) is 16.8.